The van der Waals surface area contributed by atoms with Crippen molar-refractivity contribution in [3.05, 3.63) is 10.8 Å². The lowest BCUT2D eigenvalue weighted by Crippen LogP contribution is -2.29. The Morgan fingerprint density at radius 2 is 2.33 bits per heavy atom. The minimum atomic E-state index is -1.23. The second kappa shape index (κ2) is 7.14. The molecule has 0 aromatic rings. The molecule has 0 aliphatic heterocycles. The molecule has 0 heterocycles. The van der Waals surface area contributed by atoms with Gasteiger partial charge in [0, 0.05) is 5.37 Å². The molecule has 0 aromatic heterocycles. The average Bonchev–Trinajstić information content (AvgIpc) is 2.29. The number of rotatable bonds is 6. The molecule has 3 unspecified atom stereocenters. The van der Waals surface area contributed by atoms with Crippen molar-refractivity contribution in [2.45, 2.75) is 38.9 Å². The Balaban J connectivity index is 2.74. The normalized spacial score (nSPS) is 26.1. The number of nitrogens with one attached hydrogen (secondary N) is 1. The highest BCUT2D eigenvalue weighted by Crippen LogP contribution is 2.36. The molecular formula is C12H18ClFN2OS. The summed E-state index contributed by atoms with van der Waals surface area (Å²) >= 11 is 10.9. The van der Waals surface area contributed by atoms with Gasteiger partial charge in [-0.15, -0.1) is 0 Å². The Morgan fingerprint density at radius 3 is 2.78 bits per heavy atom. The van der Waals surface area contributed by atoms with E-state index in [0.717, 1.165) is 0 Å². The molecule has 0 spiro atoms. The number of nitrogens with zero attached hydrogens (tertiary/aromatic N) is 1. The van der Waals surface area contributed by atoms with E-state index in [1.54, 1.807) is 0 Å². The van der Waals surface area contributed by atoms with Gasteiger partial charge in [0.15, 0.2) is 6.17 Å². The van der Waals surface area contributed by atoms with Crippen molar-refractivity contribution in [2.75, 3.05) is 6.61 Å². The Bertz CT molecular complexity index is 341. The van der Waals surface area contributed by atoms with Crippen molar-refractivity contribution in [3.8, 4) is 0 Å². The zero-order valence-electron chi connectivity index (χ0n) is 10.5. The van der Waals surface area contributed by atoms with Crippen LogP contribution in [-0.2, 0) is 4.74 Å². The first kappa shape index (κ1) is 15.5. The number of halogens is 2. The van der Waals surface area contributed by atoms with Gasteiger partial charge in [-0.1, -0.05) is 37.7 Å². The van der Waals surface area contributed by atoms with Crippen molar-refractivity contribution in [1.29, 1.82) is 5.53 Å². The number of hydrogen-bond donors (Lipinski definition) is 1. The van der Waals surface area contributed by atoms with Crippen molar-refractivity contribution in [1.82, 2.24) is 0 Å². The van der Waals surface area contributed by atoms with Crippen molar-refractivity contribution >= 4 is 29.2 Å². The van der Waals surface area contributed by atoms with Gasteiger partial charge in [-0.05, 0) is 24.7 Å². The van der Waals surface area contributed by atoms with Gasteiger partial charge < -0.3 is 4.74 Å². The predicted octanol–water partition coefficient (Wildman–Crippen LogP) is 4.26. The maximum Gasteiger partial charge on any atom is 0.158 e. The zero-order chi connectivity index (χ0) is 13.7. The molecule has 1 rings (SSSR count). The van der Waals surface area contributed by atoms with E-state index in [1.807, 2.05) is 13.8 Å². The molecular weight excluding hydrogens is 275 g/mol. The van der Waals surface area contributed by atoms with E-state index in [-0.39, 0.29) is 18.1 Å². The Kier molecular flexibility index (Phi) is 6.15. The van der Waals surface area contributed by atoms with Crippen LogP contribution < -0.4 is 0 Å². The Hall–Kier alpha value is -0.550. The van der Waals surface area contributed by atoms with E-state index >= 15 is 0 Å². The largest absolute Gasteiger partial charge is 0.493 e. The first-order valence-corrected chi connectivity index (χ1v) is 6.81. The van der Waals surface area contributed by atoms with Crippen LogP contribution in [0.25, 0.3) is 0 Å². The van der Waals surface area contributed by atoms with E-state index in [9.17, 15) is 4.39 Å². The van der Waals surface area contributed by atoms with Crippen molar-refractivity contribution < 1.29 is 9.13 Å². The molecule has 0 radical (unpaired) electrons. The van der Waals surface area contributed by atoms with Crippen LogP contribution in [0.15, 0.2) is 15.9 Å². The third-order valence-corrected chi connectivity index (χ3v) is 3.47. The van der Waals surface area contributed by atoms with Gasteiger partial charge in [0.25, 0.3) is 0 Å². The van der Waals surface area contributed by atoms with E-state index < -0.39 is 12.2 Å². The average molecular weight is 293 g/mol. The first-order valence-electron chi connectivity index (χ1n) is 5.96. The fourth-order valence-electron chi connectivity index (χ4n) is 1.89. The molecule has 6 heteroatoms. The molecule has 0 aromatic carbocycles. The first-order chi connectivity index (χ1) is 8.49. The number of thiocarbonyl (C=S) groups is 1. The molecule has 3 nitrogen and oxygen atoms in total. The van der Waals surface area contributed by atoms with Crippen molar-refractivity contribution in [2.24, 2.45) is 17.0 Å². The summed E-state index contributed by atoms with van der Waals surface area (Å²) < 4.78 is 19.4. The molecule has 0 amide bonds. The van der Waals surface area contributed by atoms with Gasteiger partial charge >= 0.3 is 0 Å². The van der Waals surface area contributed by atoms with Crippen LogP contribution >= 0.6 is 23.8 Å². The summed E-state index contributed by atoms with van der Waals surface area (Å²) in [5.74, 6) is 0.424. The Morgan fingerprint density at radius 1 is 1.67 bits per heavy atom. The minimum Gasteiger partial charge on any atom is -0.493 e. The number of allylic oxidation sites excluding steroid dienone is 2. The molecule has 18 heavy (non-hydrogen) atoms. The van der Waals surface area contributed by atoms with Gasteiger partial charge in [-0.2, -0.15) is 5.11 Å². The van der Waals surface area contributed by atoms with Crippen LogP contribution in [0.2, 0.25) is 0 Å². The summed E-state index contributed by atoms with van der Waals surface area (Å²) in [5, 5.41) is 5.19. The van der Waals surface area contributed by atoms with Crippen molar-refractivity contribution in [3.63, 3.8) is 0 Å². The molecule has 3 atom stereocenters. The van der Waals surface area contributed by atoms with Crippen LogP contribution in [0.3, 0.4) is 0 Å². The quantitative estimate of drug-likeness (QED) is 0.587. The highest BCUT2D eigenvalue weighted by molar-refractivity contribution is 7.79. The summed E-state index contributed by atoms with van der Waals surface area (Å²) in [6, 6.07) is -0.446. The molecule has 1 aliphatic rings. The topological polar surface area (TPSA) is 45.4 Å². The monoisotopic (exact) mass is 292 g/mol. The van der Waals surface area contributed by atoms with E-state index in [2.05, 4.69) is 5.11 Å². The molecule has 1 N–H and O–H groups in total. The fourth-order valence-corrected chi connectivity index (χ4v) is 2.54. The highest BCUT2D eigenvalue weighted by Gasteiger charge is 2.33. The molecule has 1 aliphatic carbocycles. The number of alkyl halides is 1. The second-order valence-corrected chi connectivity index (χ2v) is 5.63. The lowest BCUT2D eigenvalue weighted by molar-refractivity contribution is 0.109. The maximum atomic E-state index is 14.0. The summed E-state index contributed by atoms with van der Waals surface area (Å²) in [6.07, 6.45) is -0.506. The molecule has 0 saturated heterocycles. The van der Waals surface area contributed by atoms with Gasteiger partial charge in [0.1, 0.15) is 11.8 Å². The van der Waals surface area contributed by atoms with Gasteiger partial charge in [-0.25, -0.2) is 9.92 Å². The Labute approximate surface area is 117 Å². The molecule has 0 fully saturated rings. The van der Waals surface area contributed by atoms with Gasteiger partial charge in [-0.3, -0.25) is 0 Å². The van der Waals surface area contributed by atoms with Crippen LogP contribution in [0.1, 0.15) is 26.7 Å². The summed E-state index contributed by atoms with van der Waals surface area (Å²) in [4.78, 5) is 0. The smallest absolute Gasteiger partial charge is 0.158 e. The SMILES string of the molecule is CC(C)COC1=C(Cl)CC(C(C=S)N=N)CC1F. The third kappa shape index (κ3) is 3.99. The molecule has 0 bridgehead atoms. The summed E-state index contributed by atoms with van der Waals surface area (Å²) in [5.41, 5.74) is 7.03. The number of ether oxygens (including phenoxy) is 1. The second-order valence-electron chi connectivity index (χ2n) is 4.90. The lowest BCUT2D eigenvalue weighted by Gasteiger charge is -2.29. The van der Waals surface area contributed by atoms with Crippen LogP contribution in [0.5, 0.6) is 0 Å². The predicted molar refractivity (Wildman–Crippen MR) is 73.9 cm³/mol. The minimum absolute atomic E-state index is 0.145. The van der Waals surface area contributed by atoms with E-state index in [4.69, 9.17) is 34.1 Å². The zero-order valence-corrected chi connectivity index (χ0v) is 12.1. The fraction of sp³-hybridized carbons (Fsp3) is 0.750. The van der Waals surface area contributed by atoms with E-state index in [1.165, 1.54) is 5.37 Å². The molecule has 102 valence electrons. The summed E-state index contributed by atoms with van der Waals surface area (Å²) in [7, 11) is 0. The molecule has 0 saturated carbocycles. The van der Waals surface area contributed by atoms with Crippen LogP contribution in [0, 0.1) is 17.4 Å². The van der Waals surface area contributed by atoms with E-state index in [0.29, 0.717) is 24.0 Å². The standard InChI is InChI=1S/C12H18ClFN2OS/c1-7(2)5-17-12-9(13)3-8(4-10(12)14)11(6-18)16-15/h6-8,10-11,15H,3-5H2,1-2H3. The van der Waals surface area contributed by atoms with Gasteiger partial charge in [0.05, 0.1) is 11.6 Å². The maximum absolute atomic E-state index is 14.0. The highest BCUT2D eigenvalue weighted by atomic mass is 35.5. The third-order valence-electron chi connectivity index (χ3n) is 2.85. The van der Waals surface area contributed by atoms with Crippen LogP contribution in [0.4, 0.5) is 4.39 Å². The van der Waals surface area contributed by atoms with Crippen LogP contribution in [-0.4, -0.2) is 24.2 Å². The van der Waals surface area contributed by atoms with Gasteiger partial charge in [0.2, 0.25) is 0 Å². The summed E-state index contributed by atoms with van der Waals surface area (Å²) in [6.45, 7) is 4.44. The number of hydrogen-bond acceptors (Lipinski definition) is 4. The lowest BCUT2D eigenvalue weighted by atomic mass is 9.87.